The van der Waals surface area contributed by atoms with Crippen LogP contribution in [0.25, 0.3) is 0 Å². The van der Waals surface area contributed by atoms with Gasteiger partial charge in [0.15, 0.2) is 0 Å². The van der Waals surface area contributed by atoms with Crippen molar-refractivity contribution in [2.24, 2.45) is 0 Å². The number of pyridine rings is 1. The zero-order chi connectivity index (χ0) is 15.4. The highest BCUT2D eigenvalue weighted by Gasteiger charge is 2.15. The Bertz CT molecular complexity index is 696. The van der Waals surface area contributed by atoms with Crippen LogP contribution in [0.1, 0.15) is 21.6 Å². The molecule has 0 aliphatic carbocycles. The van der Waals surface area contributed by atoms with Crippen molar-refractivity contribution in [1.82, 2.24) is 4.98 Å². The molecule has 4 nitrogen and oxygen atoms in total. The fraction of sp³-hybridized carbons (Fsp3) is 0. The molecule has 0 radical (unpaired) electrons. The molecule has 8 heteroatoms. The molecule has 0 spiro atoms. The topological polar surface area (TPSA) is 65.8 Å². The SMILES string of the molecule is N=C(F)c1cc(C(=O)c2ccc(Cl)cn2)ccc1NPI. The predicted octanol–water partition coefficient (Wildman–Crippen LogP) is 4.62. The Balaban J connectivity index is 2.40. The first kappa shape index (κ1) is 16.3. The van der Waals surface area contributed by atoms with Gasteiger partial charge in [0.1, 0.15) is 5.69 Å². The van der Waals surface area contributed by atoms with Crippen molar-refractivity contribution >= 4 is 57.5 Å². The third-order valence-corrected chi connectivity index (χ3v) is 4.06. The Morgan fingerprint density at radius 2 is 2.14 bits per heavy atom. The molecule has 108 valence electrons. The summed E-state index contributed by atoms with van der Waals surface area (Å²) in [6.07, 6.45) is 1.71. The first-order chi connectivity index (χ1) is 10.0. The van der Waals surface area contributed by atoms with Crippen LogP contribution in [0, 0.1) is 5.41 Å². The first-order valence-electron chi connectivity index (χ1n) is 5.69. The smallest absolute Gasteiger partial charge is 0.214 e. The van der Waals surface area contributed by atoms with Gasteiger partial charge in [-0.1, -0.05) is 11.6 Å². The minimum Gasteiger partial charge on any atom is -0.358 e. The van der Waals surface area contributed by atoms with E-state index in [0.29, 0.717) is 17.1 Å². The monoisotopic (exact) mass is 435 g/mol. The summed E-state index contributed by atoms with van der Waals surface area (Å²) in [5.41, 5.74) is 1.02. The number of hydrogen-bond donors (Lipinski definition) is 2. The average Bonchev–Trinajstić information content (AvgIpc) is 2.48. The summed E-state index contributed by atoms with van der Waals surface area (Å²) in [4.78, 5) is 16.2. The molecule has 2 rings (SSSR count). The van der Waals surface area contributed by atoms with Crippen molar-refractivity contribution in [3.63, 3.8) is 0 Å². The van der Waals surface area contributed by atoms with E-state index in [0.717, 1.165) is 0 Å². The highest BCUT2D eigenvalue weighted by Crippen LogP contribution is 2.28. The molecule has 0 saturated heterocycles. The second-order valence-corrected chi connectivity index (χ2v) is 6.48. The van der Waals surface area contributed by atoms with E-state index in [-0.39, 0.29) is 22.6 Å². The van der Waals surface area contributed by atoms with Crippen molar-refractivity contribution in [2.45, 2.75) is 0 Å². The maximum Gasteiger partial charge on any atom is 0.214 e. The van der Waals surface area contributed by atoms with Crippen molar-refractivity contribution < 1.29 is 9.18 Å². The lowest BCUT2D eigenvalue weighted by molar-refractivity contribution is 0.103. The summed E-state index contributed by atoms with van der Waals surface area (Å²) in [5, 5.41) is 10.6. The molecular formula is C13H9ClFIN3OP. The number of aromatic nitrogens is 1. The van der Waals surface area contributed by atoms with E-state index in [1.807, 2.05) is 0 Å². The number of nitrogens with zero attached hydrogens (tertiary/aromatic N) is 1. The van der Waals surface area contributed by atoms with Gasteiger partial charge in [0.25, 0.3) is 0 Å². The molecular weight excluding hydrogens is 426 g/mol. The minimum atomic E-state index is -1.09. The third-order valence-electron chi connectivity index (χ3n) is 2.66. The molecule has 1 atom stereocenters. The molecule has 1 unspecified atom stereocenters. The van der Waals surface area contributed by atoms with Crippen LogP contribution < -0.4 is 5.09 Å². The number of nitrogens with one attached hydrogen (secondary N) is 2. The lowest BCUT2D eigenvalue weighted by Gasteiger charge is -2.09. The van der Waals surface area contributed by atoms with Crippen LogP contribution >= 0.6 is 40.0 Å². The number of benzene rings is 1. The van der Waals surface area contributed by atoms with Crippen molar-refractivity contribution in [1.29, 1.82) is 5.41 Å². The zero-order valence-corrected chi connectivity index (χ0v) is 14.4. The van der Waals surface area contributed by atoms with Crippen LogP contribution in [0.15, 0.2) is 36.5 Å². The summed E-state index contributed by atoms with van der Waals surface area (Å²) >= 11 is 7.82. The van der Waals surface area contributed by atoms with Gasteiger partial charge in [-0.15, -0.1) is 0 Å². The highest BCUT2D eigenvalue weighted by molar-refractivity contribution is 14.2. The van der Waals surface area contributed by atoms with Crippen LogP contribution in [-0.2, 0) is 0 Å². The van der Waals surface area contributed by atoms with Crippen molar-refractivity contribution in [3.8, 4) is 0 Å². The fourth-order valence-corrected chi connectivity index (χ4v) is 2.99. The second-order valence-electron chi connectivity index (χ2n) is 3.98. The van der Waals surface area contributed by atoms with Gasteiger partial charge in [0, 0.05) is 23.8 Å². The molecule has 1 aromatic heterocycles. The third kappa shape index (κ3) is 3.96. The molecule has 21 heavy (non-hydrogen) atoms. The lowest BCUT2D eigenvalue weighted by Crippen LogP contribution is -2.06. The van der Waals surface area contributed by atoms with Crippen LogP contribution in [0.2, 0.25) is 5.02 Å². The maximum atomic E-state index is 13.3. The minimum absolute atomic E-state index is 0.0546. The number of hydrogen-bond acceptors (Lipinski definition) is 4. The van der Waals surface area contributed by atoms with Crippen LogP contribution in [0.3, 0.4) is 0 Å². The molecule has 1 heterocycles. The van der Waals surface area contributed by atoms with E-state index in [4.69, 9.17) is 17.0 Å². The summed E-state index contributed by atoms with van der Waals surface area (Å²) in [6, 6.07) is 7.57. The second kappa shape index (κ2) is 7.24. The van der Waals surface area contributed by atoms with E-state index in [1.54, 1.807) is 18.2 Å². The molecule has 0 fully saturated rings. The van der Waals surface area contributed by atoms with Crippen molar-refractivity contribution in [2.75, 3.05) is 5.09 Å². The van der Waals surface area contributed by atoms with Gasteiger partial charge < -0.3 is 5.09 Å². The molecule has 0 bridgehead atoms. The van der Waals surface area contributed by atoms with E-state index < -0.39 is 5.97 Å². The molecule has 2 aromatic rings. The normalized spacial score (nSPS) is 10.8. The Kier molecular flexibility index (Phi) is 5.61. The van der Waals surface area contributed by atoms with Gasteiger partial charge in [-0.2, -0.15) is 4.39 Å². The van der Waals surface area contributed by atoms with E-state index in [2.05, 4.69) is 32.1 Å². The van der Waals surface area contributed by atoms with Gasteiger partial charge in [0.05, 0.1) is 10.6 Å². The Labute approximate surface area is 140 Å². The van der Waals surface area contributed by atoms with Crippen molar-refractivity contribution in [3.05, 3.63) is 58.4 Å². The molecule has 0 aliphatic heterocycles. The number of anilines is 1. The van der Waals surface area contributed by atoms with Gasteiger partial charge >= 0.3 is 0 Å². The number of rotatable bonds is 5. The highest BCUT2D eigenvalue weighted by atomic mass is 127. The lowest BCUT2D eigenvalue weighted by atomic mass is 10.0. The quantitative estimate of drug-likeness (QED) is 0.312. The van der Waals surface area contributed by atoms with Gasteiger partial charge in [-0.05, 0) is 52.4 Å². The van der Waals surface area contributed by atoms with Crippen LogP contribution in [-0.4, -0.2) is 16.7 Å². The Hall–Kier alpha value is -1.11. The Morgan fingerprint density at radius 1 is 1.38 bits per heavy atom. The summed E-state index contributed by atoms with van der Waals surface area (Å²) < 4.78 is 13.3. The number of carbonyl (C=O) groups is 1. The average molecular weight is 436 g/mol. The standard InChI is InChI=1S/C13H9ClFIN3OP/c14-8-2-4-11(18-6-8)12(20)7-1-3-10(19-21-16)9(5-7)13(15)17/h1-6,17,19,21H. The molecule has 2 N–H and O–H groups in total. The summed E-state index contributed by atoms with van der Waals surface area (Å²) in [5.74, 6) is -1.44. The van der Waals surface area contributed by atoms with E-state index in [1.165, 1.54) is 18.3 Å². The molecule has 0 saturated carbocycles. The van der Waals surface area contributed by atoms with Gasteiger partial charge in [0.2, 0.25) is 11.7 Å². The molecule has 1 aromatic carbocycles. The zero-order valence-electron chi connectivity index (χ0n) is 10.5. The Morgan fingerprint density at radius 3 is 2.71 bits per heavy atom. The number of halogens is 3. The predicted molar refractivity (Wildman–Crippen MR) is 93.0 cm³/mol. The van der Waals surface area contributed by atoms with Crippen LogP contribution in [0.4, 0.5) is 10.1 Å². The van der Waals surface area contributed by atoms with Gasteiger partial charge in [-0.3, -0.25) is 15.2 Å². The molecule has 0 amide bonds. The van der Waals surface area contributed by atoms with Crippen LogP contribution in [0.5, 0.6) is 0 Å². The largest absolute Gasteiger partial charge is 0.358 e. The van der Waals surface area contributed by atoms with Gasteiger partial charge in [-0.25, -0.2) is 0 Å². The van der Waals surface area contributed by atoms with E-state index >= 15 is 0 Å². The number of ketones is 1. The summed E-state index contributed by atoms with van der Waals surface area (Å²) in [6.45, 7) is 0. The maximum absolute atomic E-state index is 13.3. The van der Waals surface area contributed by atoms with E-state index in [9.17, 15) is 9.18 Å². The summed E-state index contributed by atoms with van der Waals surface area (Å²) in [7, 11) is 0. The molecule has 0 aliphatic rings. The fourth-order valence-electron chi connectivity index (χ4n) is 1.69. The number of carbonyl (C=O) groups excluding carboxylic acids is 1. The first-order valence-corrected chi connectivity index (χ1v) is 10.2.